The zero-order valence-electron chi connectivity index (χ0n) is 31.8. The van der Waals surface area contributed by atoms with Gasteiger partial charge in [0.1, 0.15) is 22.8 Å². The van der Waals surface area contributed by atoms with E-state index in [0.29, 0.717) is 26.2 Å². The van der Waals surface area contributed by atoms with Crippen LogP contribution < -0.4 is 21.3 Å². The Morgan fingerprint density at radius 3 is 0.654 bits per heavy atom. The Hall–Kier alpha value is -3.82. The van der Waals surface area contributed by atoms with Gasteiger partial charge in [-0.05, 0) is 49.9 Å². The first-order valence-corrected chi connectivity index (χ1v) is 20.6. The first kappa shape index (κ1) is 42.6. The zero-order valence-corrected chi connectivity index (χ0v) is 31.8. The number of hydrogen-bond acceptors (Lipinski definition) is 6. The lowest BCUT2D eigenvalue weighted by molar-refractivity contribution is 0.0927. The van der Waals surface area contributed by atoms with Gasteiger partial charge >= 0.3 is 0 Å². The van der Waals surface area contributed by atoms with Crippen molar-refractivity contribution >= 4 is 23.6 Å². The molecule has 2 aromatic rings. The highest BCUT2D eigenvalue weighted by Crippen LogP contribution is 2.14. The minimum Gasteiger partial charge on any atom is -0.351 e. The number of rotatable bonds is 0. The van der Waals surface area contributed by atoms with Crippen LogP contribution >= 0.6 is 0 Å². The Morgan fingerprint density at radius 2 is 0.462 bits per heavy atom. The van der Waals surface area contributed by atoms with Gasteiger partial charge in [-0.15, -0.1) is 0 Å². The summed E-state index contributed by atoms with van der Waals surface area (Å²) in [5.41, 5.74) is 1.14. The van der Waals surface area contributed by atoms with Crippen LogP contribution in [0.15, 0.2) is 36.4 Å². The van der Waals surface area contributed by atoms with E-state index in [4.69, 9.17) is 0 Å². The zero-order chi connectivity index (χ0) is 36.9. The molecule has 52 heavy (non-hydrogen) atoms. The number of pyridine rings is 2. The van der Waals surface area contributed by atoms with Gasteiger partial charge in [-0.1, -0.05) is 141 Å². The molecule has 10 heteroatoms. The van der Waals surface area contributed by atoms with Crippen LogP contribution in [-0.2, 0) is 0 Å². The number of carbonyl (C=O) groups is 4. The third-order valence-corrected chi connectivity index (χ3v) is 9.78. The number of carbonyl (C=O) groups excluding carboxylic acids is 4. The summed E-state index contributed by atoms with van der Waals surface area (Å²) in [4.78, 5) is 59.1. The highest BCUT2D eigenvalue weighted by Gasteiger charge is 2.13. The summed E-state index contributed by atoms with van der Waals surface area (Å²) in [6.07, 6.45) is 27.6. The average Bonchev–Trinajstić information content (AvgIpc) is 3.16. The highest BCUT2D eigenvalue weighted by atomic mass is 16.2. The first-order chi connectivity index (χ1) is 25.5. The lowest BCUT2D eigenvalue weighted by Gasteiger charge is -2.08. The molecule has 288 valence electrons. The maximum atomic E-state index is 12.6. The van der Waals surface area contributed by atoms with Gasteiger partial charge in [-0.25, -0.2) is 9.97 Å². The van der Waals surface area contributed by atoms with E-state index >= 15 is 0 Å². The largest absolute Gasteiger partial charge is 0.351 e. The Morgan fingerprint density at radius 1 is 0.288 bits per heavy atom. The molecule has 0 fully saturated rings. The lowest BCUT2D eigenvalue weighted by atomic mass is 10.1. The Kier molecular flexibility index (Phi) is 22.8. The fourth-order valence-corrected chi connectivity index (χ4v) is 6.58. The molecule has 0 radical (unpaired) electrons. The molecule has 10 nitrogen and oxygen atoms in total. The van der Waals surface area contributed by atoms with Crippen molar-refractivity contribution < 1.29 is 19.2 Å². The minimum atomic E-state index is -0.228. The average molecular weight is 719 g/mol. The maximum absolute atomic E-state index is 12.6. The van der Waals surface area contributed by atoms with E-state index in [9.17, 15) is 19.2 Å². The number of nitrogens with zero attached hydrogens (tertiary/aromatic N) is 2. The highest BCUT2D eigenvalue weighted by molar-refractivity contribution is 5.97. The second-order valence-corrected chi connectivity index (χ2v) is 14.3. The van der Waals surface area contributed by atoms with Gasteiger partial charge in [-0.3, -0.25) is 19.2 Å². The Labute approximate surface area is 312 Å². The SMILES string of the molecule is O=C1NCCCCCCCCCCCCCCNC(=O)c2cccc(n2)C(=O)NCCCCCCCCCCCCCCNC(=O)c2cccc1n2. The van der Waals surface area contributed by atoms with Gasteiger partial charge in [0.2, 0.25) is 0 Å². The monoisotopic (exact) mass is 719 g/mol. The predicted octanol–water partition coefficient (Wildman–Crippen LogP) is 8.47. The quantitative estimate of drug-likeness (QED) is 0.215. The van der Waals surface area contributed by atoms with Crippen LogP contribution in [-0.4, -0.2) is 59.8 Å². The van der Waals surface area contributed by atoms with Crippen LogP contribution in [0.4, 0.5) is 0 Å². The molecule has 4 amide bonds. The number of hydrogen-bond donors (Lipinski definition) is 4. The van der Waals surface area contributed by atoms with Gasteiger partial charge in [0.05, 0.1) is 0 Å². The lowest BCUT2D eigenvalue weighted by Crippen LogP contribution is -2.28. The number of amides is 4. The van der Waals surface area contributed by atoms with Gasteiger partial charge in [0, 0.05) is 26.2 Å². The minimum absolute atomic E-state index is 0.228. The van der Waals surface area contributed by atoms with Crippen molar-refractivity contribution in [2.45, 2.75) is 154 Å². The molecular formula is C42H66N6O4. The summed E-state index contributed by atoms with van der Waals surface area (Å²) in [6, 6.07) is 10.1. The summed E-state index contributed by atoms with van der Waals surface area (Å²) in [5, 5.41) is 11.8. The van der Waals surface area contributed by atoms with E-state index in [1.165, 1.54) is 103 Å². The molecule has 0 aliphatic carbocycles. The molecule has 4 bridgehead atoms. The molecule has 1 aliphatic rings. The van der Waals surface area contributed by atoms with Crippen molar-refractivity contribution in [2.75, 3.05) is 26.2 Å². The second kappa shape index (κ2) is 27.8. The summed E-state index contributed by atoms with van der Waals surface area (Å²) in [7, 11) is 0. The molecule has 0 saturated carbocycles. The van der Waals surface area contributed by atoms with Crippen molar-refractivity contribution in [2.24, 2.45) is 0 Å². The molecule has 4 N–H and O–H groups in total. The molecule has 0 spiro atoms. The van der Waals surface area contributed by atoms with E-state index in [0.717, 1.165) is 51.4 Å². The molecule has 0 atom stereocenters. The van der Waals surface area contributed by atoms with Crippen LogP contribution in [0, 0.1) is 0 Å². The number of nitrogens with one attached hydrogen (secondary N) is 4. The molecule has 0 unspecified atom stereocenters. The fourth-order valence-electron chi connectivity index (χ4n) is 6.58. The van der Waals surface area contributed by atoms with Crippen LogP contribution in [0.5, 0.6) is 0 Å². The van der Waals surface area contributed by atoms with Gasteiger partial charge in [-0.2, -0.15) is 0 Å². The Bertz CT molecular complexity index is 1130. The molecule has 3 rings (SSSR count). The van der Waals surface area contributed by atoms with Crippen molar-refractivity contribution in [3.63, 3.8) is 0 Å². The summed E-state index contributed by atoms with van der Waals surface area (Å²) < 4.78 is 0. The normalized spacial score (nSPS) is 19.7. The summed E-state index contributed by atoms with van der Waals surface area (Å²) >= 11 is 0. The topological polar surface area (TPSA) is 142 Å². The third kappa shape index (κ3) is 19.1. The van der Waals surface area contributed by atoms with Crippen LogP contribution in [0.2, 0.25) is 0 Å². The van der Waals surface area contributed by atoms with E-state index in [2.05, 4.69) is 31.2 Å². The Balaban J connectivity index is 1.35. The summed E-state index contributed by atoms with van der Waals surface area (Å²) in [6.45, 7) is 2.46. The molecule has 2 aromatic heterocycles. The second-order valence-electron chi connectivity index (χ2n) is 14.3. The fraction of sp³-hybridized carbons (Fsp3) is 0.667. The van der Waals surface area contributed by atoms with Crippen molar-refractivity contribution in [1.82, 2.24) is 31.2 Å². The number of aromatic nitrogens is 2. The molecule has 1 aliphatic heterocycles. The van der Waals surface area contributed by atoms with Gasteiger partial charge < -0.3 is 21.3 Å². The first-order valence-electron chi connectivity index (χ1n) is 20.6. The van der Waals surface area contributed by atoms with Gasteiger partial charge in [0.25, 0.3) is 23.6 Å². The predicted molar refractivity (Wildman–Crippen MR) is 209 cm³/mol. The van der Waals surface area contributed by atoms with Crippen molar-refractivity contribution in [3.05, 3.63) is 59.2 Å². The van der Waals surface area contributed by atoms with Crippen molar-refractivity contribution in [3.8, 4) is 0 Å². The van der Waals surface area contributed by atoms with Crippen LogP contribution in [0.1, 0.15) is 196 Å². The number of fused-ring (bicyclic) bond motifs is 4. The standard InChI is InChI=1S/C42H66N6O4/c49-39-35-27-25-29-37(47-35)41(51)45-33-23-19-15-11-7-3-4-8-12-16-20-24-34-46-42(52)38-30-26-28-36(48-38)40(50)44-32-22-18-14-10-6-2-1-5-9-13-17-21-31-43-39/h25-30H,1-24,31-34H2,(H,43,49)(H,44,50)(H,45,51)(H,46,52). The third-order valence-electron chi connectivity index (χ3n) is 9.78. The summed E-state index contributed by atoms with van der Waals surface area (Å²) in [5.74, 6) is -0.911. The molecular weight excluding hydrogens is 652 g/mol. The van der Waals surface area contributed by atoms with E-state index < -0.39 is 0 Å². The molecule has 3 heterocycles. The van der Waals surface area contributed by atoms with E-state index in [1.807, 2.05) is 0 Å². The molecule has 0 aromatic carbocycles. The smallest absolute Gasteiger partial charge is 0.269 e. The van der Waals surface area contributed by atoms with Crippen LogP contribution in [0.3, 0.4) is 0 Å². The van der Waals surface area contributed by atoms with E-state index in [-0.39, 0.29) is 46.4 Å². The van der Waals surface area contributed by atoms with Crippen molar-refractivity contribution in [1.29, 1.82) is 0 Å². The van der Waals surface area contributed by atoms with Crippen LogP contribution in [0.25, 0.3) is 0 Å². The molecule has 0 saturated heterocycles. The van der Waals surface area contributed by atoms with Gasteiger partial charge in [0.15, 0.2) is 0 Å². The maximum Gasteiger partial charge on any atom is 0.269 e. The van der Waals surface area contributed by atoms with E-state index in [1.54, 1.807) is 36.4 Å².